The fourth-order valence-electron chi connectivity index (χ4n) is 3.62. The van der Waals surface area contributed by atoms with Crippen molar-refractivity contribution in [2.24, 2.45) is 5.14 Å². The van der Waals surface area contributed by atoms with Gasteiger partial charge >= 0.3 is 0 Å². The highest BCUT2D eigenvalue weighted by Gasteiger charge is 2.45. The molecular formula is C22H25N3O6S. The molecule has 2 unspecified atom stereocenters. The molecule has 0 saturated carbocycles. The molecule has 0 radical (unpaired) electrons. The second-order valence-corrected chi connectivity index (χ2v) is 9.09. The Labute approximate surface area is 186 Å². The van der Waals surface area contributed by atoms with Crippen LogP contribution in [0.5, 0.6) is 5.75 Å². The lowest BCUT2D eigenvalue weighted by Gasteiger charge is -2.33. The number of anilines is 1. The molecule has 3 rings (SSSR count). The Morgan fingerprint density at radius 1 is 1.16 bits per heavy atom. The molecule has 2 atom stereocenters. The van der Waals surface area contributed by atoms with Crippen LogP contribution in [0.1, 0.15) is 37.0 Å². The van der Waals surface area contributed by atoms with Crippen molar-refractivity contribution in [3.8, 4) is 5.75 Å². The third-order valence-electron chi connectivity index (χ3n) is 5.52. The molecule has 0 aliphatic carbocycles. The molecule has 2 aromatic carbocycles. The van der Waals surface area contributed by atoms with E-state index in [2.05, 4.69) is 0 Å². The number of benzene rings is 2. The Hall–Kier alpha value is -3.24. The first-order valence-electron chi connectivity index (χ1n) is 10.0. The van der Waals surface area contributed by atoms with Crippen LogP contribution in [-0.2, 0) is 19.6 Å². The number of carbonyl (C=O) groups is 3. The number of carbonyl (C=O) groups excluding carboxylic acids is 3. The van der Waals surface area contributed by atoms with Gasteiger partial charge in [0.15, 0.2) is 0 Å². The maximum absolute atomic E-state index is 13.3. The molecule has 1 saturated heterocycles. The van der Waals surface area contributed by atoms with Gasteiger partial charge < -0.3 is 9.64 Å². The minimum Gasteiger partial charge on any atom is -0.497 e. The smallest absolute Gasteiger partial charge is 0.257 e. The molecule has 0 spiro atoms. The SMILES string of the molecule is CCC(C)N(C(=O)c1ccc(OC)cc1)C1CC(=O)N(c2ccc(S(N)(=O)=O)cc2)C1=O. The van der Waals surface area contributed by atoms with Crippen molar-refractivity contribution in [1.29, 1.82) is 0 Å². The van der Waals surface area contributed by atoms with E-state index in [1.54, 1.807) is 24.3 Å². The zero-order valence-corrected chi connectivity index (χ0v) is 18.8. The Bertz CT molecular complexity index is 1130. The minimum atomic E-state index is -3.91. The van der Waals surface area contributed by atoms with Crippen LogP contribution in [0.15, 0.2) is 53.4 Å². The summed E-state index contributed by atoms with van der Waals surface area (Å²) in [4.78, 5) is 41.6. The molecule has 0 bridgehead atoms. The van der Waals surface area contributed by atoms with Gasteiger partial charge in [0.1, 0.15) is 11.8 Å². The second kappa shape index (κ2) is 9.09. The number of nitrogens with zero attached hydrogens (tertiary/aromatic N) is 2. The van der Waals surface area contributed by atoms with E-state index in [0.717, 1.165) is 4.90 Å². The fourth-order valence-corrected chi connectivity index (χ4v) is 4.13. The lowest BCUT2D eigenvalue weighted by Crippen LogP contribution is -2.49. The van der Waals surface area contributed by atoms with Crippen LogP contribution in [0.3, 0.4) is 0 Å². The topological polar surface area (TPSA) is 127 Å². The molecule has 170 valence electrons. The van der Waals surface area contributed by atoms with Gasteiger partial charge in [-0.1, -0.05) is 6.92 Å². The van der Waals surface area contributed by atoms with Gasteiger partial charge in [0.2, 0.25) is 15.9 Å². The van der Waals surface area contributed by atoms with Crippen molar-refractivity contribution in [1.82, 2.24) is 4.90 Å². The summed E-state index contributed by atoms with van der Waals surface area (Å²) >= 11 is 0. The van der Waals surface area contributed by atoms with Crippen molar-refractivity contribution in [3.63, 3.8) is 0 Å². The molecule has 10 heteroatoms. The summed E-state index contributed by atoms with van der Waals surface area (Å²) in [5, 5.41) is 5.10. The zero-order valence-electron chi connectivity index (χ0n) is 18.0. The summed E-state index contributed by atoms with van der Waals surface area (Å²) in [5.74, 6) is -0.780. The number of nitrogens with two attached hydrogens (primary N) is 1. The molecule has 3 amide bonds. The number of hydrogen-bond donors (Lipinski definition) is 1. The third-order valence-corrected chi connectivity index (χ3v) is 6.45. The van der Waals surface area contributed by atoms with E-state index in [-0.39, 0.29) is 29.0 Å². The predicted octanol–water partition coefficient (Wildman–Crippen LogP) is 1.92. The van der Waals surface area contributed by atoms with Crippen LogP contribution < -0.4 is 14.8 Å². The molecule has 2 aromatic rings. The Morgan fingerprint density at radius 3 is 2.25 bits per heavy atom. The first-order chi connectivity index (χ1) is 15.1. The Kier molecular flexibility index (Phi) is 6.65. The zero-order chi connectivity index (χ0) is 23.6. The lowest BCUT2D eigenvalue weighted by atomic mass is 10.1. The van der Waals surface area contributed by atoms with E-state index >= 15 is 0 Å². The Morgan fingerprint density at radius 2 is 1.75 bits per heavy atom. The van der Waals surface area contributed by atoms with E-state index in [1.165, 1.54) is 36.3 Å². The van der Waals surface area contributed by atoms with Crippen LogP contribution in [0.2, 0.25) is 0 Å². The summed E-state index contributed by atoms with van der Waals surface area (Å²) in [5.41, 5.74) is 0.596. The molecule has 1 fully saturated rings. The number of amides is 3. The van der Waals surface area contributed by atoms with Gasteiger partial charge in [-0.05, 0) is 61.9 Å². The van der Waals surface area contributed by atoms with E-state index in [9.17, 15) is 22.8 Å². The van der Waals surface area contributed by atoms with Crippen LogP contribution >= 0.6 is 0 Å². The van der Waals surface area contributed by atoms with Gasteiger partial charge in [-0.15, -0.1) is 0 Å². The summed E-state index contributed by atoms with van der Waals surface area (Å²) in [6.45, 7) is 3.71. The molecule has 0 aromatic heterocycles. The minimum absolute atomic E-state index is 0.132. The summed E-state index contributed by atoms with van der Waals surface area (Å²) < 4.78 is 28.1. The Balaban J connectivity index is 1.92. The summed E-state index contributed by atoms with van der Waals surface area (Å²) in [6, 6.07) is 10.4. The predicted molar refractivity (Wildman–Crippen MR) is 118 cm³/mol. The standard InChI is InChI=1S/C22H25N3O6S/c1-4-14(2)24(21(27)15-5-9-17(31-3)10-6-15)19-13-20(26)25(22(19)28)16-7-11-18(12-8-16)32(23,29)30/h5-12,14,19H,4,13H2,1-3H3,(H2,23,29,30). The monoisotopic (exact) mass is 459 g/mol. The first-order valence-corrected chi connectivity index (χ1v) is 11.6. The highest BCUT2D eigenvalue weighted by atomic mass is 32.2. The normalized spacial score (nSPS) is 17.4. The number of sulfonamides is 1. The molecule has 1 heterocycles. The van der Waals surface area contributed by atoms with Gasteiger partial charge in [0.25, 0.3) is 11.8 Å². The van der Waals surface area contributed by atoms with Crippen molar-refractivity contribution >= 4 is 33.4 Å². The number of rotatable bonds is 7. The van der Waals surface area contributed by atoms with E-state index < -0.39 is 27.9 Å². The molecule has 1 aliphatic heterocycles. The molecule has 9 nitrogen and oxygen atoms in total. The number of ether oxygens (including phenoxy) is 1. The quantitative estimate of drug-likeness (QED) is 0.630. The van der Waals surface area contributed by atoms with Gasteiger partial charge in [-0.2, -0.15) is 0 Å². The van der Waals surface area contributed by atoms with Crippen molar-refractivity contribution in [3.05, 3.63) is 54.1 Å². The van der Waals surface area contributed by atoms with Crippen LogP contribution in [-0.4, -0.2) is 50.2 Å². The van der Waals surface area contributed by atoms with Crippen LogP contribution in [0.4, 0.5) is 5.69 Å². The highest BCUT2D eigenvalue weighted by Crippen LogP contribution is 2.29. The average Bonchev–Trinajstić information content (AvgIpc) is 3.06. The van der Waals surface area contributed by atoms with E-state index in [4.69, 9.17) is 9.88 Å². The maximum Gasteiger partial charge on any atom is 0.257 e. The maximum atomic E-state index is 13.3. The molecule has 2 N–H and O–H groups in total. The van der Waals surface area contributed by atoms with Gasteiger partial charge in [0.05, 0.1) is 24.1 Å². The second-order valence-electron chi connectivity index (χ2n) is 7.52. The van der Waals surface area contributed by atoms with E-state index in [1.807, 2.05) is 13.8 Å². The van der Waals surface area contributed by atoms with Crippen molar-refractivity contribution < 1.29 is 27.5 Å². The lowest BCUT2D eigenvalue weighted by molar-refractivity contribution is -0.122. The van der Waals surface area contributed by atoms with E-state index in [0.29, 0.717) is 17.7 Å². The van der Waals surface area contributed by atoms with Gasteiger partial charge in [-0.25, -0.2) is 18.5 Å². The first kappa shape index (κ1) is 23.4. The number of primary sulfonamides is 1. The molecule has 32 heavy (non-hydrogen) atoms. The molecular weight excluding hydrogens is 434 g/mol. The highest BCUT2D eigenvalue weighted by molar-refractivity contribution is 7.89. The van der Waals surface area contributed by atoms with Crippen LogP contribution in [0.25, 0.3) is 0 Å². The van der Waals surface area contributed by atoms with Gasteiger partial charge in [-0.3, -0.25) is 14.4 Å². The summed E-state index contributed by atoms with van der Waals surface area (Å²) in [6.07, 6.45) is 0.422. The van der Waals surface area contributed by atoms with Gasteiger partial charge in [0, 0.05) is 11.6 Å². The fraction of sp³-hybridized carbons (Fsp3) is 0.318. The average molecular weight is 460 g/mol. The van der Waals surface area contributed by atoms with Crippen molar-refractivity contribution in [2.45, 2.75) is 43.7 Å². The summed E-state index contributed by atoms with van der Waals surface area (Å²) in [7, 11) is -2.38. The third kappa shape index (κ3) is 4.51. The number of methoxy groups -OCH3 is 1. The van der Waals surface area contributed by atoms with Crippen LogP contribution in [0, 0.1) is 0 Å². The molecule has 1 aliphatic rings. The largest absolute Gasteiger partial charge is 0.497 e. The van der Waals surface area contributed by atoms with Crippen molar-refractivity contribution in [2.75, 3.05) is 12.0 Å². The number of hydrogen-bond acceptors (Lipinski definition) is 6. The number of imide groups is 1.